The molecule has 26 heavy (non-hydrogen) atoms. The predicted octanol–water partition coefficient (Wildman–Crippen LogP) is 7.44. The second-order valence-corrected chi connectivity index (χ2v) is 8.42. The lowest BCUT2D eigenvalue weighted by Gasteiger charge is -2.18. The summed E-state index contributed by atoms with van der Waals surface area (Å²) in [4.78, 5) is 10.8. The molecule has 0 unspecified atom stereocenters. The van der Waals surface area contributed by atoms with Gasteiger partial charge in [-0.1, -0.05) is 83.8 Å². The smallest absolute Gasteiger partial charge is 0.229 e. The molecule has 2 rings (SSSR count). The Kier molecular flexibility index (Phi) is 14.0. The van der Waals surface area contributed by atoms with Crippen LogP contribution in [0.1, 0.15) is 95.6 Å². The summed E-state index contributed by atoms with van der Waals surface area (Å²) in [6.07, 6.45) is 17.7. The fourth-order valence-corrected chi connectivity index (χ4v) is 3.56. The minimum absolute atomic E-state index is 0.0426. The van der Waals surface area contributed by atoms with Crippen LogP contribution in [0.4, 0.5) is 0 Å². The van der Waals surface area contributed by atoms with E-state index in [1.54, 1.807) is 22.6 Å². The van der Waals surface area contributed by atoms with Crippen LogP contribution in [0.5, 0.6) is 5.75 Å². The number of hydrogen-bond donors (Lipinski definition) is 0. The Morgan fingerprint density at radius 1 is 0.923 bits per heavy atom. The van der Waals surface area contributed by atoms with E-state index in [1.807, 2.05) is 12.1 Å². The highest BCUT2D eigenvalue weighted by atomic mass is 127. The molecule has 0 amide bonds. The number of aryl methyl sites for hydroxylation is 1. The van der Waals surface area contributed by atoms with E-state index in [0.29, 0.717) is 0 Å². The molecule has 2 nitrogen and oxygen atoms in total. The van der Waals surface area contributed by atoms with Gasteiger partial charge >= 0.3 is 0 Å². The standard InChI is InChI=1S/C12H13IO2.C11H24/c13-12(14)8-15-11-7-3-5-9-4-1-2-6-10(9)11;1-3-5-7-9-11-10-8-6-4-2/h3,5,7H,1-2,4,6,8H2;3-11H2,1-2H3. The van der Waals surface area contributed by atoms with Gasteiger partial charge < -0.3 is 4.74 Å². The Bertz CT molecular complexity index is 491. The molecule has 1 aromatic carbocycles. The van der Waals surface area contributed by atoms with Gasteiger partial charge in [-0.3, -0.25) is 4.79 Å². The van der Waals surface area contributed by atoms with Crippen molar-refractivity contribution in [1.29, 1.82) is 0 Å². The summed E-state index contributed by atoms with van der Waals surface area (Å²) in [5, 5.41) is 0. The summed E-state index contributed by atoms with van der Waals surface area (Å²) in [5.74, 6) is 0.900. The maximum atomic E-state index is 10.8. The molecule has 0 aliphatic heterocycles. The van der Waals surface area contributed by atoms with E-state index in [1.165, 1.54) is 81.8 Å². The summed E-state index contributed by atoms with van der Waals surface area (Å²) < 4.78 is 5.55. The summed E-state index contributed by atoms with van der Waals surface area (Å²) >= 11 is 1.76. The van der Waals surface area contributed by atoms with Gasteiger partial charge in [0.2, 0.25) is 3.79 Å². The molecule has 0 radical (unpaired) electrons. The van der Waals surface area contributed by atoms with Crippen LogP contribution < -0.4 is 4.74 Å². The van der Waals surface area contributed by atoms with Crippen LogP contribution in [-0.2, 0) is 17.6 Å². The van der Waals surface area contributed by atoms with E-state index >= 15 is 0 Å². The van der Waals surface area contributed by atoms with Crippen LogP contribution in [0, 0.1) is 0 Å². The van der Waals surface area contributed by atoms with Crippen molar-refractivity contribution in [2.45, 2.75) is 97.3 Å². The number of unbranched alkanes of at least 4 members (excludes halogenated alkanes) is 8. The molecule has 0 heterocycles. The average Bonchev–Trinajstić information content (AvgIpc) is 2.66. The molecular formula is C23H37IO2. The lowest BCUT2D eigenvalue weighted by atomic mass is 9.91. The summed E-state index contributed by atoms with van der Waals surface area (Å²) in [6, 6.07) is 6.13. The van der Waals surface area contributed by atoms with Crippen LogP contribution in [0.3, 0.4) is 0 Å². The zero-order valence-electron chi connectivity index (χ0n) is 16.8. The van der Waals surface area contributed by atoms with Crippen molar-refractivity contribution in [2.24, 2.45) is 0 Å². The highest BCUT2D eigenvalue weighted by molar-refractivity contribution is 14.1. The maximum absolute atomic E-state index is 10.8. The van der Waals surface area contributed by atoms with E-state index < -0.39 is 0 Å². The van der Waals surface area contributed by atoms with Gasteiger partial charge in [0.05, 0.1) is 0 Å². The van der Waals surface area contributed by atoms with Crippen molar-refractivity contribution < 1.29 is 9.53 Å². The zero-order chi connectivity index (χ0) is 19.0. The van der Waals surface area contributed by atoms with E-state index in [-0.39, 0.29) is 10.4 Å². The SMILES string of the molecule is CCCCCCCCCCC.O=C(I)COc1cccc2c1CCCC2. The molecule has 0 spiro atoms. The molecular weight excluding hydrogens is 435 g/mol. The first-order chi connectivity index (χ1) is 12.7. The molecule has 148 valence electrons. The molecule has 1 aliphatic rings. The molecule has 0 fully saturated rings. The lowest BCUT2D eigenvalue weighted by molar-refractivity contribution is -0.111. The molecule has 0 saturated heterocycles. The normalized spacial score (nSPS) is 12.7. The quantitative estimate of drug-likeness (QED) is 0.190. The molecule has 0 bridgehead atoms. The van der Waals surface area contributed by atoms with Crippen molar-refractivity contribution in [3.05, 3.63) is 29.3 Å². The fourth-order valence-electron chi connectivity index (χ4n) is 3.40. The third-order valence-electron chi connectivity index (χ3n) is 4.90. The predicted molar refractivity (Wildman–Crippen MR) is 121 cm³/mol. The number of carbonyl (C=O) groups excluding carboxylic acids is 1. The number of halogens is 1. The Morgan fingerprint density at radius 2 is 1.50 bits per heavy atom. The van der Waals surface area contributed by atoms with E-state index in [4.69, 9.17) is 4.74 Å². The minimum atomic E-state index is 0.0426. The zero-order valence-corrected chi connectivity index (χ0v) is 19.0. The summed E-state index contributed by atoms with van der Waals surface area (Å²) in [5.41, 5.74) is 2.70. The summed E-state index contributed by atoms with van der Waals surface area (Å²) in [6.45, 7) is 4.73. The van der Waals surface area contributed by atoms with Crippen molar-refractivity contribution in [3.8, 4) is 5.75 Å². The number of benzene rings is 1. The molecule has 0 saturated carbocycles. The number of ether oxygens (including phenoxy) is 1. The first-order valence-electron chi connectivity index (χ1n) is 10.6. The number of hydrogen-bond acceptors (Lipinski definition) is 2. The van der Waals surface area contributed by atoms with Crippen molar-refractivity contribution in [1.82, 2.24) is 0 Å². The molecule has 3 heteroatoms. The van der Waals surface area contributed by atoms with Crippen LogP contribution in [0.15, 0.2) is 18.2 Å². The van der Waals surface area contributed by atoms with Crippen LogP contribution in [0.25, 0.3) is 0 Å². The average molecular weight is 472 g/mol. The van der Waals surface area contributed by atoms with Gasteiger partial charge in [0.15, 0.2) is 6.61 Å². The second kappa shape index (κ2) is 15.5. The first-order valence-corrected chi connectivity index (χ1v) is 11.7. The topological polar surface area (TPSA) is 26.3 Å². The van der Waals surface area contributed by atoms with E-state index in [9.17, 15) is 4.79 Å². The van der Waals surface area contributed by atoms with Crippen molar-refractivity contribution >= 4 is 26.4 Å². The Balaban J connectivity index is 0.000000276. The second-order valence-electron chi connectivity index (χ2n) is 7.22. The third kappa shape index (κ3) is 10.5. The van der Waals surface area contributed by atoms with Crippen LogP contribution in [0.2, 0.25) is 0 Å². The summed E-state index contributed by atoms with van der Waals surface area (Å²) in [7, 11) is 0. The molecule has 1 aliphatic carbocycles. The van der Waals surface area contributed by atoms with Crippen molar-refractivity contribution in [2.75, 3.05) is 6.61 Å². The largest absolute Gasteiger partial charge is 0.485 e. The van der Waals surface area contributed by atoms with Gasteiger partial charge in [-0.15, -0.1) is 0 Å². The highest BCUT2D eigenvalue weighted by Gasteiger charge is 2.13. The number of rotatable bonds is 11. The lowest BCUT2D eigenvalue weighted by Crippen LogP contribution is -2.09. The molecule has 0 atom stereocenters. The maximum Gasteiger partial charge on any atom is 0.229 e. The Labute approximate surface area is 174 Å². The van der Waals surface area contributed by atoms with Gasteiger partial charge in [0.1, 0.15) is 5.75 Å². The highest BCUT2D eigenvalue weighted by Crippen LogP contribution is 2.29. The third-order valence-corrected chi connectivity index (χ3v) is 5.21. The number of carbonyl (C=O) groups is 1. The molecule has 1 aromatic rings. The monoisotopic (exact) mass is 472 g/mol. The Morgan fingerprint density at radius 3 is 2.08 bits per heavy atom. The number of fused-ring (bicyclic) bond motifs is 1. The minimum Gasteiger partial charge on any atom is -0.485 e. The molecule has 0 N–H and O–H groups in total. The Hall–Kier alpha value is -0.580. The van der Waals surface area contributed by atoms with Gasteiger partial charge in [-0.05, 0) is 42.9 Å². The molecule has 0 aromatic heterocycles. The van der Waals surface area contributed by atoms with Gasteiger partial charge in [0.25, 0.3) is 0 Å². The van der Waals surface area contributed by atoms with Gasteiger partial charge in [-0.2, -0.15) is 0 Å². The van der Waals surface area contributed by atoms with E-state index in [2.05, 4.69) is 19.9 Å². The van der Waals surface area contributed by atoms with Crippen LogP contribution in [-0.4, -0.2) is 10.4 Å². The van der Waals surface area contributed by atoms with Crippen LogP contribution >= 0.6 is 22.6 Å². The fraction of sp³-hybridized carbons (Fsp3) is 0.696. The van der Waals surface area contributed by atoms with Crippen molar-refractivity contribution in [3.63, 3.8) is 0 Å². The van der Waals surface area contributed by atoms with Gasteiger partial charge in [-0.25, -0.2) is 0 Å². The van der Waals surface area contributed by atoms with E-state index in [0.717, 1.165) is 18.6 Å². The first kappa shape index (κ1) is 23.5. The van der Waals surface area contributed by atoms with Gasteiger partial charge in [0, 0.05) is 22.6 Å².